The fourth-order valence-corrected chi connectivity index (χ4v) is 4.98. The molecule has 4 aromatic rings. The van der Waals surface area contributed by atoms with Gasteiger partial charge in [0.05, 0.1) is 22.5 Å². The Hall–Kier alpha value is -4.18. The van der Waals surface area contributed by atoms with Gasteiger partial charge in [0.2, 0.25) is 0 Å². The summed E-state index contributed by atoms with van der Waals surface area (Å²) in [5, 5.41) is 6.98. The van der Waals surface area contributed by atoms with Gasteiger partial charge in [0.15, 0.2) is 11.6 Å². The van der Waals surface area contributed by atoms with Crippen LogP contribution in [0.25, 0.3) is 0 Å². The number of aryl methyl sites for hydroxylation is 2. The molecule has 0 heterocycles. The van der Waals surface area contributed by atoms with E-state index in [2.05, 4.69) is 36.6 Å². The van der Waals surface area contributed by atoms with Crippen molar-refractivity contribution < 1.29 is 9.59 Å². The molecule has 5 rings (SSSR count). The predicted octanol–water partition coefficient (Wildman–Crippen LogP) is 7.85. The number of benzene rings is 4. The SMILES string of the molecule is CCCc1ccccc1Nc1ccc(Nc2ccccc2CCC)c2c1C(=O)c1ccccc1C2=O. The van der Waals surface area contributed by atoms with Crippen LogP contribution in [0.2, 0.25) is 0 Å². The van der Waals surface area contributed by atoms with Crippen LogP contribution in [-0.4, -0.2) is 11.6 Å². The lowest BCUT2D eigenvalue weighted by atomic mass is 9.82. The van der Waals surface area contributed by atoms with E-state index in [-0.39, 0.29) is 11.6 Å². The Morgan fingerprint density at radius 2 is 0.889 bits per heavy atom. The van der Waals surface area contributed by atoms with E-state index in [0.29, 0.717) is 33.6 Å². The van der Waals surface area contributed by atoms with Crippen LogP contribution in [0, 0.1) is 0 Å². The largest absolute Gasteiger partial charge is 0.355 e. The van der Waals surface area contributed by atoms with Crippen LogP contribution in [0.3, 0.4) is 0 Å². The van der Waals surface area contributed by atoms with Crippen LogP contribution in [0.5, 0.6) is 0 Å². The van der Waals surface area contributed by atoms with Crippen LogP contribution >= 0.6 is 0 Å². The van der Waals surface area contributed by atoms with E-state index in [4.69, 9.17) is 0 Å². The van der Waals surface area contributed by atoms with Gasteiger partial charge in [0.1, 0.15) is 0 Å². The van der Waals surface area contributed by atoms with Crippen LogP contribution in [0.15, 0.2) is 84.9 Å². The standard InChI is InChI=1S/C32H30N2O2/c1-3-11-21-13-5-9-17-25(21)33-27-19-20-28(34-26-18-10-6-14-22(26)12-4-2)30-29(27)31(35)23-15-7-8-16-24(23)32(30)36/h5-10,13-20,33-34H,3-4,11-12H2,1-2H3. The molecule has 1 aliphatic rings. The Morgan fingerprint density at radius 1 is 0.500 bits per heavy atom. The number of nitrogens with one attached hydrogen (secondary N) is 2. The number of para-hydroxylation sites is 2. The minimum absolute atomic E-state index is 0.138. The fraction of sp³-hybridized carbons (Fsp3) is 0.188. The number of carbonyl (C=O) groups excluding carboxylic acids is 2. The quantitative estimate of drug-likeness (QED) is 0.240. The van der Waals surface area contributed by atoms with Gasteiger partial charge in [-0.05, 0) is 48.2 Å². The number of hydrogen-bond donors (Lipinski definition) is 2. The van der Waals surface area contributed by atoms with Gasteiger partial charge in [-0.15, -0.1) is 0 Å². The van der Waals surface area contributed by atoms with Crippen molar-refractivity contribution in [1.82, 2.24) is 0 Å². The smallest absolute Gasteiger partial charge is 0.196 e. The van der Waals surface area contributed by atoms with E-state index in [1.54, 1.807) is 12.1 Å². The molecule has 0 atom stereocenters. The number of hydrogen-bond acceptors (Lipinski definition) is 4. The van der Waals surface area contributed by atoms with Gasteiger partial charge in [-0.25, -0.2) is 0 Å². The molecular formula is C32H30N2O2. The lowest BCUT2D eigenvalue weighted by Crippen LogP contribution is -2.23. The molecular weight excluding hydrogens is 444 g/mol. The Balaban J connectivity index is 1.66. The van der Waals surface area contributed by atoms with Crippen molar-refractivity contribution >= 4 is 34.3 Å². The van der Waals surface area contributed by atoms with Gasteiger partial charge in [-0.1, -0.05) is 87.4 Å². The van der Waals surface area contributed by atoms with Crippen molar-refractivity contribution in [3.05, 3.63) is 118 Å². The molecule has 1 aliphatic carbocycles. The molecule has 180 valence electrons. The van der Waals surface area contributed by atoms with Crippen molar-refractivity contribution in [2.45, 2.75) is 39.5 Å². The number of rotatable bonds is 8. The summed E-state index contributed by atoms with van der Waals surface area (Å²) >= 11 is 0. The molecule has 0 amide bonds. The third kappa shape index (κ3) is 4.31. The molecule has 0 bridgehead atoms. The second-order valence-electron chi connectivity index (χ2n) is 9.18. The number of anilines is 4. The summed E-state index contributed by atoms with van der Waals surface area (Å²) in [7, 11) is 0. The average molecular weight is 475 g/mol. The van der Waals surface area contributed by atoms with E-state index >= 15 is 0 Å². The highest BCUT2D eigenvalue weighted by Gasteiger charge is 2.34. The molecule has 36 heavy (non-hydrogen) atoms. The first kappa shape index (κ1) is 23.6. The Morgan fingerprint density at radius 3 is 1.31 bits per heavy atom. The normalized spacial score (nSPS) is 12.2. The highest BCUT2D eigenvalue weighted by Crippen LogP contribution is 2.39. The zero-order valence-electron chi connectivity index (χ0n) is 20.7. The Kier molecular flexibility index (Phi) is 6.68. The van der Waals surface area contributed by atoms with Gasteiger partial charge < -0.3 is 10.6 Å². The van der Waals surface area contributed by atoms with E-state index in [1.165, 1.54) is 11.1 Å². The summed E-state index contributed by atoms with van der Waals surface area (Å²) in [5.74, 6) is -0.276. The highest BCUT2D eigenvalue weighted by atomic mass is 16.1. The Bertz CT molecular complexity index is 1340. The molecule has 0 aliphatic heterocycles. The van der Waals surface area contributed by atoms with Gasteiger partial charge in [0.25, 0.3) is 0 Å². The molecule has 2 N–H and O–H groups in total. The first-order chi connectivity index (χ1) is 17.6. The lowest BCUT2D eigenvalue weighted by Gasteiger charge is -2.25. The highest BCUT2D eigenvalue weighted by molar-refractivity contribution is 6.32. The molecule has 0 saturated carbocycles. The van der Waals surface area contributed by atoms with E-state index < -0.39 is 0 Å². The summed E-state index contributed by atoms with van der Waals surface area (Å²) in [4.78, 5) is 27.7. The first-order valence-electron chi connectivity index (χ1n) is 12.7. The monoisotopic (exact) mass is 474 g/mol. The maximum absolute atomic E-state index is 13.8. The van der Waals surface area contributed by atoms with Crippen molar-refractivity contribution in [2.24, 2.45) is 0 Å². The van der Waals surface area contributed by atoms with Gasteiger partial charge in [0, 0.05) is 22.5 Å². The van der Waals surface area contributed by atoms with Gasteiger partial charge >= 0.3 is 0 Å². The van der Waals surface area contributed by atoms with E-state index in [1.807, 2.05) is 60.7 Å². The minimum atomic E-state index is -0.138. The minimum Gasteiger partial charge on any atom is -0.355 e. The van der Waals surface area contributed by atoms with Crippen LogP contribution < -0.4 is 10.6 Å². The van der Waals surface area contributed by atoms with Gasteiger partial charge in [-0.2, -0.15) is 0 Å². The summed E-state index contributed by atoms with van der Waals surface area (Å²) in [6.45, 7) is 4.29. The topological polar surface area (TPSA) is 58.2 Å². The second kappa shape index (κ2) is 10.2. The Labute approximate surface area is 212 Å². The zero-order valence-corrected chi connectivity index (χ0v) is 20.7. The predicted molar refractivity (Wildman–Crippen MR) is 147 cm³/mol. The van der Waals surface area contributed by atoms with Crippen molar-refractivity contribution in [3.8, 4) is 0 Å². The second-order valence-corrected chi connectivity index (χ2v) is 9.18. The molecule has 0 fully saturated rings. The summed E-state index contributed by atoms with van der Waals surface area (Å²) in [5.41, 5.74) is 7.29. The van der Waals surface area contributed by atoms with Crippen LogP contribution in [0.4, 0.5) is 22.7 Å². The maximum Gasteiger partial charge on any atom is 0.196 e. The lowest BCUT2D eigenvalue weighted by molar-refractivity contribution is 0.0980. The van der Waals surface area contributed by atoms with Crippen LogP contribution in [-0.2, 0) is 12.8 Å². The van der Waals surface area contributed by atoms with Gasteiger partial charge in [-0.3, -0.25) is 9.59 Å². The van der Waals surface area contributed by atoms with E-state index in [0.717, 1.165) is 37.1 Å². The molecule has 0 saturated heterocycles. The van der Waals surface area contributed by atoms with Crippen LogP contribution in [0.1, 0.15) is 69.7 Å². The van der Waals surface area contributed by atoms with E-state index in [9.17, 15) is 9.59 Å². The summed E-state index contributed by atoms with van der Waals surface area (Å²) in [6.07, 6.45) is 3.88. The third-order valence-electron chi connectivity index (χ3n) is 6.69. The number of ketones is 2. The number of fused-ring (bicyclic) bond motifs is 2. The van der Waals surface area contributed by atoms with Crippen molar-refractivity contribution in [1.29, 1.82) is 0 Å². The average Bonchev–Trinajstić information content (AvgIpc) is 2.90. The molecule has 0 aromatic heterocycles. The zero-order chi connectivity index (χ0) is 25.1. The molecule has 4 aromatic carbocycles. The molecule has 0 spiro atoms. The number of carbonyl (C=O) groups is 2. The molecule has 4 heteroatoms. The summed E-state index contributed by atoms with van der Waals surface area (Å²) < 4.78 is 0. The van der Waals surface area contributed by atoms with Crippen molar-refractivity contribution in [2.75, 3.05) is 10.6 Å². The summed E-state index contributed by atoms with van der Waals surface area (Å²) in [6, 6.07) is 27.2. The molecule has 0 unspecified atom stereocenters. The maximum atomic E-state index is 13.8. The molecule has 0 radical (unpaired) electrons. The first-order valence-corrected chi connectivity index (χ1v) is 12.7. The fourth-order valence-electron chi connectivity index (χ4n) is 4.98. The molecule has 4 nitrogen and oxygen atoms in total. The van der Waals surface area contributed by atoms with Crippen molar-refractivity contribution in [3.63, 3.8) is 0 Å². The third-order valence-corrected chi connectivity index (χ3v) is 6.69.